The van der Waals surface area contributed by atoms with Gasteiger partial charge in [-0.25, -0.2) is 0 Å². The van der Waals surface area contributed by atoms with E-state index >= 15 is 0 Å². The largest absolute Gasteiger partial charge is 0.408 e. The molecule has 0 bridgehead atoms. The summed E-state index contributed by atoms with van der Waals surface area (Å²) in [6.07, 6.45) is -3.52. The summed E-state index contributed by atoms with van der Waals surface area (Å²) in [7, 11) is -0.623. The smallest absolute Gasteiger partial charge is 0.192 e. The second-order valence-electron chi connectivity index (χ2n) is 8.79. The van der Waals surface area contributed by atoms with E-state index in [1.54, 1.807) is 0 Å². The Labute approximate surface area is 162 Å². The van der Waals surface area contributed by atoms with Crippen LogP contribution in [0.1, 0.15) is 32.6 Å². The minimum absolute atomic E-state index is 0.00703. The zero-order chi connectivity index (χ0) is 19.8. The SMILES string of the molecule is CO[C@H]1O[C@@H]2COC(c3ccccc3)O[C@H]2[C@H](O[Si](C)(C)C(C)(C)C)[C@H]1O. The highest BCUT2D eigenvalue weighted by Crippen LogP contribution is 2.41. The zero-order valence-corrected chi connectivity index (χ0v) is 18.0. The highest BCUT2D eigenvalue weighted by Gasteiger charge is 2.53. The number of hydrogen-bond acceptors (Lipinski definition) is 6. The molecule has 0 aromatic heterocycles. The van der Waals surface area contributed by atoms with Crippen LogP contribution in [0.2, 0.25) is 18.1 Å². The van der Waals surface area contributed by atoms with Gasteiger partial charge in [-0.05, 0) is 18.1 Å². The first kappa shape index (κ1) is 20.9. The molecule has 6 atom stereocenters. The number of aliphatic hydroxyl groups excluding tert-OH is 1. The summed E-state index contributed by atoms with van der Waals surface area (Å²) in [6.45, 7) is 11.2. The molecular formula is C20H32O6Si. The van der Waals surface area contributed by atoms with Crippen molar-refractivity contribution >= 4 is 8.32 Å². The number of methoxy groups -OCH3 is 1. The molecule has 1 aromatic rings. The van der Waals surface area contributed by atoms with Crippen molar-refractivity contribution in [2.75, 3.05) is 13.7 Å². The lowest BCUT2D eigenvalue weighted by Gasteiger charge is -2.50. The van der Waals surface area contributed by atoms with Gasteiger partial charge in [0, 0.05) is 12.7 Å². The summed E-state index contributed by atoms with van der Waals surface area (Å²) in [4.78, 5) is 0. The molecule has 2 aliphatic rings. The van der Waals surface area contributed by atoms with Crippen LogP contribution in [0.25, 0.3) is 0 Å². The Balaban J connectivity index is 1.85. The summed E-state index contributed by atoms with van der Waals surface area (Å²) in [5.74, 6) is 0. The third-order valence-electron chi connectivity index (χ3n) is 5.85. The summed E-state index contributed by atoms with van der Waals surface area (Å²) < 4.78 is 29.9. The molecule has 2 saturated heterocycles. The van der Waals surface area contributed by atoms with E-state index in [4.69, 9.17) is 23.4 Å². The lowest BCUT2D eigenvalue weighted by Crippen LogP contribution is -2.65. The van der Waals surface area contributed by atoms with Crippen molar-refractivity contribution in [3.05, 3.63) is 35.9 Å². The first-order valence-electron chi connectivity index (χ1n) is 9.50. The molecule has 2 heterocycles. The molecule has 0 aliphatic carbocycles. The average Bonchev–Trinajstić information content (AvgIpc) is 2.63. The number of rotatable bonds is 4. The molecule has 152 valence electrons. The summed E-state index contributed by atoms with van der Waals surface area (Å²) in [5, 5.41) is 10.9. The van der Waals surface area contributed by atoms with Crippen LogP contribution in [0.3, 0.4) is 0 Å². The van der Waals surface area contributed by atoms with Crippen molar-refractivity contribution in [3.8, 4) is 0 Å². The Bertz CT molecular complexity index is 617. The van der Waals surface area contributed by atoms with Gasteiger partial charge in [0.1, 0.15) is 24.4 Å². The van der Waals surface area contributed by atoms with Crippen LogP contribution in [0.15, 0.2) is 30.3 Å². The van der Waals surface area contributed by atoms with Crippen LogP contribution in [-0.2, 0) is 23.4 Å². The Hall–Kier alpha value is -0.803. The molecule has 2 aliphatic heterocycles. The van der Waals surface area contributed by atoms with Gasteiger partial charge < -0.3 is 28.5 Å². The number of fused-ring (bicyclic) bond motifs is 1. The van der Waals surface area contributed by atoms with Crippen molar-refractivity contribution in [2.45, 2.75) is 75.9 Å². The molecule has 0 spiro atoms. The normalized spacial score (nSPS) is 34.9. The molecule has 3 rings (SSSR count). The molecule has 0 amide bonds. The predicted molar refractivity (Wildman–Crippen MR) is 104 cm³/mol. The summed E-state index contributed by atoms with van der Waals surface area (Å²) >= 11 is 0. The zero-order valence-electron chi connectivity index (χ0n) is 17.0. The van der Waals surface area contributed by atoms with E-state index in [9.17, 15) is 5.11 Å². The number of aliphatic hydroxyl groups is 1. The third-order valence-corrected chi connectivity index (χ3v) is 10.3. The number of hydrogen-bond donors (Lipinski definition) is 1. The van der Waals surface area contributed by atoms with Gasteiger partial charge in [-0.3, -0.25) is 0 Å². The fourth-order valence-corrected chi connectivity index (χ4v) is 4.50. The number of ether oxygens (including phenoxy) is 4. The van der Waals surface area contributed by atoms with Crippen molar-refractivity contribution in [3.63, 3.8) is 0 Å². The van der Waals surface area contributed by atoms with E-state index < -0.39 is 39.2 Å². The first-order valence-corrected chi connectivity index (χ1v) is 12.4. The van der Waals surface area contributed by atoms with Crippen molar-refractivity contribution in [1.29, 1.82) is 0 Å². The van der Waals surface area contributed by atoms with Gasteiger partial charge in [0.05, 0.1) is 6.61 Å². The second kappa shape index (κ2) is 7.91. The van der Waals surface area contributed by atoms with Gasteiger partial charge in [-0.1, -0.05) is 51.1 Å². The second-order valence-corrected chi connectivity index (χ2v) is 13.5. The topological polar surface area (TPSA) is 66.4 Å². The maximum absolute atomic E-state index is 10.9. The van der Waals surface area contributed by atoms with Crippen molar-refractivity contribution in [1.82, 2.24) is 0 Å². The molecule has 0 saturated carbocycles. The Morgan fingerprint density at radius 1 is 1.11 bits per heavy atom. The molecule has 1 aromatic carbocycles. The van der Waals surface area contributed by atoms with Gasteiger partial charge in [0.2, 0.25) is 0 Å². The molecule has 1 N–H and O–H groups in total. The van der Waals surface area contributed by atoms with Gasteiger partial charge in [-0.15, -0.1) is 0 Å². The van der Waals surface area contributed by atoms with Crippen LogP contribution in [0.4, 0.5) is 0 Å². The third kappa shape index (κ3) is 4.29. The van der Waals surface area contributed by atoms with Crippen molar-refractivity contribution < 1.29 is 28.5 Å². The lowest BCUT2D eigenvalue weighted by molar-refractivity contribution is -0.356. The van der Waals surface area contributed by atoms with E-state index in [-0.39, 0.29) is 11.1 Å². The van der Waals surface area contributed by atoms with Gasteiger partial charge >= 0.3 is 0 Å². The monoisotopic (exact) mass is 396 g/mol. The van der Waals surface area contributed by atoms with Gasteiger partial charge in [-0.2, -0.15) is 0 Å². The Kier molecular flexibility index (Phi) is 6.13. The summed E-state index contributed by atoms with van der Waals surface area (Å²) in [6, 6.07) is 9.78. The van der Waals surface area contributed by atoms with Crippen LogP contribution >= 0.6 is 0 Å². The Morgan fingerprint density at radius 3 is 2.37 bits per heavy atom. The standard InChI is InChI=1S/C20H32O6Si/c1-20(2,3)27(5,6)26-17-15(21)19(22-4)24-14-12-23-18(25-16(14)17)13-10-8-7-9-11-13/h7-11,14-19,21H,12H2,1-6H3/t14-,15-,16-,17-,18?,19+/m1/s1. The van der Waals surface area contributed by atoms with Crippen molar-refractivity contribution in [2.24, 2.45) is 0 Å². The maximum atomic E-state index is 10.9. The maximum Gasteiger partial charge on any atom is 0.192 e. The lowest BCUT2D eigenvalue weighted by atomic mass is 9.98. The van der Waals surface area contributed by atoms with Gasteiger partial charge in [0.15, 0.2) is 20.9 Å². The molecule has 7 heteroatoms. The Morgan fingerprint density at radius 2 is 1.78 bits per heavy atom. The van der Waals surface area contributed by atoms with E-state index in [0.29, 0.717) is 6.61 Å². The molecule has 27 heavy (non-hydrogen) atoms. The van der Waals surface area contributed by atoms with Gasteiger partial charge in [0.25, 0.3) is 0 Å². The van der Waals surface area contributed by atoms with E-state index in [1.165, 1.54) is 7.11 Å². The van der Waals surface area contributed by atoms with Crippen LogP contribution in [0.5, 0.6) is 0 Å². The number of benzene rings is 1. The molecule has 1 unspecified atom stereocenters. The van der Waals surface area contributed by atoms with Crippen LogP contribution in [-0.4, -0.2) is 57.8 Å². The highest BCUT2D eigenvalue weighted by atomic mass is 28.4. The fraction of sp³-hybridized carbons (Fsp3) is 0.700. The minimum Gasteiger partial charge on any atom is -0.408 e. The minimum atomic E-state index is -2.15. The quantitative estimate of drug-likeness (QED) is 0.789. The predicted octanol–water partition coefficient (Wildman–Crippen LogP) is 3.22. The average molecular weight is 397 g/mol. The molecular weight excluding hydrogens is 364 g/mol. The first-order chi connectivity index (χ1) is 12.6. The molecule has 0 radical (unpaired) electrons. The van der Waals surface area contributed by atoms with E-state index in [2.05, 4.69) is 33.9 Å². The fourth-order valence-electron chi connectivity index (χ4n) is 3.19. The molecule has 6 nitrogen and oxygen atoms in total. The van der Waals surface area contributed by atoms with E-state index in [0.717, 1.165) is 5.56 Å². The van der Waals surface area contributed by atoms with Crippen LogP contribution in [0, 0.1) is 0 Å². The van der Waals surface area contributed by atoms with E-state index in [1.807, 2.05) is 30.3 Å². The molecule has 2 fully saturated rings. The summed E-state index contributed by atoms with van der Waals surface area (Å²) in [5.41, 5.74) is 0.936. The highest BCUT2D eigenvalue weighted by molar-refractivity contribution is 6.74. The van der Waals surface area contributed by atoms with Crippen LogP contribution < -0.4 is 0 Å².